The van der Waals surface area contributed by atoms with Gasteiger partial charge in [0.05, 0.1) is 18.6 Å². The van der Waals surface area contributed by atoms with E-state index in [1.165, 1.54) is 6.92 Å². The highest BCUT2D eigenvalue weighted by Crippen LogP contribution is 2.00. The standard InChI is InChI=1S/C5H10O4/c1-3(5(8)9)4(7)2-6/h3-4,6-7H,2H2,1H3,(H,8,9)/t3-,4+/m1/s1. The van der Waals surface area contributed by atoms with Crippen molar-refractivity contribution in [3.05, 3.63) is 0 Å². The van der Waals surface area contributed by atoms with Gasteiger partial charge in [-0.2, -0.15) is 0 Å². The largest absolute Gasteiger partial charge is 0.481 e. The van der Waals surface area contributed by atoms with Crippen LogP contribution < -0.4 is 0 Å². The van der Waals surface area contributed by atoms with E-state index in [9.17, 15) is 4.79 Å². The highest BCUT2D eigenvalue weighted by molar-refractivity contribution is 5.70. The van der Waals surface area contributed by atoms with E-state index in [2.05, 4.69) is 0 Å². The van der Waals surface area contributed by atoms with Crippen molar-refractivity contribution in [2.24, 2.45) is 5.92 Å². The van der Waals surface area contributed by atoms with Crippen LogP contribution in [0.5, 0.6) is 0 Å². The van der Waals surface area contributed by atoms with E-state index in [0.717, 1.165) is 0 Å². The Morgan fingerprint density at radius 1 is 1.67 bits per heavy atom. The molecule has 0 saturated heterocycles. The summed E-state index contributed by atoms with van der Waals surface area (Å²) in [7, 11) is 0. The monoisotopic (exact) mass is 134 g/mol. The van der Waals surface area contributed by atoms with Crippen LogP contribution in [-0.2, 0) is 4.79 Å². The molecule has 0 amide bonds. The lowest BCUT2D eigenvalue weighted by molar-refractivity contribution is -0.145. The first-order valence-electron chi connectivity index (χ1n) is 2.61. The lowest BCUT2D eigenvalue weighted by atomic mass is 10.1. The zero-order chi connectivity index (χ0) is 7.44. The molecular formula is C5H10O4. The lowest BCUT2D eigenvalue weighted by Crippen LogP contribution is -2.28. The summed E-state index contributed by atoms with van der Waals surface area (Å²) < 4.78 is 0. The van der Waals surface area contributed by atoms with Gasteiger partial charge in [-0.15, -0.1) is 0 Å². The summed E-state index contributed by atoms with van der Waals surface area (Å²) in [5.74, 6) is -1.99. The summed E-state index contributed by atoms with van der Waals surface area (Å²) >= 11 is 0. The number of carbonyl (C=O) groups is 1. The normalized spacial score (nSPS) is 16.8. The number of carboxylic acids is 1. The van der Waals surface area contributed by atoms with E-state index in [4.69, 9.17) is 15.3 Å². The van der Waals surface area contributed by atoms with Crippen molar-refractivity contribution >= 4 is 5.97 Å². The third-order valence-corrected chi connectivity index (χ3v) is 1.15. The number of aliphatic hydroxyl groups is 2. The summed E-state index contributed by atoms with van der Waals surface area (Å²) in [5, 5.41) is 25.1. The Hall–Kier alpha value is -0.610. The van der Waals surface area contributed by atoms with Crippen LogP contribution >= 0.6 is 0 Å². The number of carboxylic acid groups (broad SMARTS) is 1. The summed E-state index contributed by atoms with van der Waals surface area (Å²) in [4.78, 5) is 10.0. The number of aliphatic carboxylic acids is 1. The van der Waals surface area contributed by atoms with Gasteiger partial charge in [-0.1, -0.05) is 0 Å². The molecule has 9 heavy (non-hydrogen) atoms. The van der Waals surface area contributed by atoms with Gasteiger partial charge in [-0.05, 0) is 6.92 Å². The minimum Gasteiger partial charge on any atom is -0.481 e. The van der Waals surface area contributed by atoms with Crippen LogP contribution in [0.3, 0.4) is 0 Å². The van der Waals surface area contributed by atoms with Crippen molar-refractivity contribution in [3.63, 3.8) is 0 Å². The predicted octanol–water partition coefficient (Wildman–Crippen LogP) is -0.940. The SMILES string of the molecule is C[C@@H](C(=O)O)[C@@H](O)CO. The molecule has 0 aromatic carbocycles. The molecule has 0 saturated carbocycles. The van der Waals surface area contributed by atoms with Crippen LogP contribution in [0.4, 0.5) is 0 Å². The van der Waals surface area contributed by atoms with E-state index in [-0.39, 0.29) is 0 Å². The molecule has 54 valence electrons. The fourth-order valence-electron chi connectivity index (χ4n) is 0.323. The minimum absolute atomic E-state index is 0.506. The summed E-state index contributed by atoms with van der Waals surface area (Å²) in [6.07, 6.45) is -1.15. The summed E-state index contributed by atoms with van der Waals surface area (Å²) in [6, 6.07) is 0. The average Bonchev–Trinajstić information content (AvgIpc) is 1.84. The molecule has 4 nitrogen and oxygen atoms in total. The first kappa shape index (κ1) is 8.39. The molecule has 0 aliphatic rings. The van der Waals surface area contributed by atoms with Crippen LogP contribution in [-0.4, -0.2) is 34.0 Å². The second-order valence-corrected chi connectivity index (χ2v) is 1.88. The zero-order valence-electron chi connectivity index (χ0n) is 5.11. The van der Waals surface area contributed by atoms with Crippen LogP contribution in [0.15, 0.2) is 0 Å². The Balaban J connectivity index is 3.72. The quantitative estimate of drug-likeness (QED) is 0.465. The van der Waals surface area contributed by atoms with Gasteiger partial charge in [0.2, 0.25) is 0 Å². The zero-order valence-corrected chi connectivity index (χ0v) is 5.11. The van der Waals surface area contributed by atoms with Crippen molar-refractivity contribution in [2.75, 3.05) is 6.61 Å². The predicted molar refractivity (Wildman–Crippen MR) is 29.9 cm³/mol. The van der Waals surface area contributed by atoms with Gasteiger partial charge in [0.15, 0.2) is 0 Å². The van der Waals surface area contributed by atoms with E-state index < -0.39 is 24.6 Å². The minimum atomic E-state index is -1.15. The fourth-order valence-corrected chi connectivity index (χ4v) is 0.323. The maximum Gasteiger partial charge on any atom is 0.308 e. The second-order valence-electron chi connectivity index (χ2n) is 1.88. The Labute approximate surface area is 52.7 Å². The Morgan fingerprint density at radius 3 is 2.22 bits per heavy atom. The first-order valence-corrected chi connectivity index (χ1v) is 2.61. The van der Waals surface area contributed by atoms with Crippen molar-refractivity contribution in [1.82, 2.24) is 0 Å². The molecular weight excluding hydrogens is 124 g/mol. The molecule has 3 N–H and O–H groups in total. The third kappa shape index (κ3) is 2.43. The molecule has 0 unspecified atom stereocenters. The van der Waals surface area contributed by atoms with E-state index >= 15 is 0 Å². The van der Waals surface area contributed by atoms with Gasteiger partial charge in [-0.25, -0.2) is 0 Å². The molecule has 0 bridgehead atoms. The Morgan fingerprint density at radius 2 is 2.11 bits per heavy atom. The van der Waals surface area contributed by atoms with E-state index in [0.29, 0.717) is 0 Å². The van der Waals surface area contributed by atoms with Crippen molar-refractivity contribution in [3.8, 4) is 0 Å². The van der Waals surface area contributed by atoms with Crippen molar-refractivity contribution in [1.29, 1.82) is 0 Å². The Kier molecular flexibility index (Phi) is 3.19. The molecule has 0 aromatic rings. The summed E-state index contributed by atoms with van der Waals surface area (Å²) in [5.41, 5.74) is 0. The van der Waals surface area contributed by atoms with Gasteiger partial charge in [0.1, 0.15) is 0 Å². The smallest absolute Gasteiger partial charge is 0.308 e. The lowest BCUT2D eigenvalue weighted by Gasteiger charge is -2.10. The van der Waals surface area contributed by atoms with E-state index in [1.807, 2.05) is 0 Å². The third-order valence-electron chi connectivity index (χ3n) is 1.15. The number of rotatable bonds is 3. The maximum absolute atomic E-state index is 10.0. The molecule has 0 aromatic heterocycles. The van der Waals surface area contributed by atoms with Crippen LogP contribution in [0, 0.1) is 5.92 Å². The molecule has 0 aliphatic heterocycles. The van der Waals surface area contributed by atoms with Gasteiger partial charge in [0, 0.05) is 0 Å². The highest BCUT2D eigenvalue weighted by Gasteiger charge is 2.19. The second kappa shape index (κ2) is 3.42. The summed E-state index contributed by atoms with van der Waals surface area (Å²) in [6.45, 7) is 0.830. The van der Waals surface area contributed by atoms with Crippen LogP contribution in [0.2, 0.25) is 0 Å². The molecule has 4 heteroatoms. The molecule has 0 fully saturated rings. The van der Waals surface area contributed by atoms with Crippen molar-refractivity contribution < 1.29 is 20.1 Å². The Bertz CT molecular complexity index is 101. The van der Waals surface area contributed by atoms with Crippen molar-refractivity contribution in [2.45, 2.75) is 13.0 Å². The molecule has 0 heterocycles. The van der Waals surface area contributed by atoms with Gasteiger partial charge in [-0.3, -0.25) is 4.79 Å². The molecule has 0 radical (unpaired) electrons. The first-order chi connectivity index (χ1) is 4.09. The van der Waals surface area contributed by atoms with E-state index in [1.54, 1.807) is 0 Å². The fraction of sp³-hybridized carbons (Fsp3) is 0.800. The molecule has 0 spiro atoms. The molecule has 0 aliphatic carbocycles. The molecule has 0 rings (SSSR count). The van der Waals surface area contributed by atoms with Gasteiger partial charge < -0.3 is 15.3 Å². The van der Waals surface area contributed by atoms with Crippen LogP contribution in [0.1, 0.15) is 6.92 Å². The number of hydrogen-bond acceptors (Lipinski definition) is 3. The highest BCUT2D eigenvalue weighted by atomic mass is 16.4. The topological polar surface area (TPSA) is 77.8 Å². The van der Waals surface area contributed by atoms with Gasteiger partial charge >= 0.3 is 5.97 Å². The van der Waals surface area contributed by atoms with Gasteiger partial charge in [0.25, 0.3) is 0 Å². The number of hydrogen-bond donors (Lipinski definition) is 3. The molecule has 2 atom stereocenters. The average molecular weight is 134 g/mol. The number of aliphatic hydroxyl groups excluding tert-OH is 2. The maximum atomic E-state index is 10.0. The van der Waals surface area contributed by atoms with Crippen LogP contribution in [0.25, 0.3) is 0 Å².